The SMILES string of the molecule is Cc1cc(C)cc(OCCN2C(=O)C(Nc3cccc(Cl)c3C)=C(c3cccs3)C2=O)c1. The Hall–Kier alpha value is -3.09. The van der Waals surface area contributed by atoms with Gasteiger partial charge in [-0.25, -0.2) is 0 Å². The van der Waals surface area contributed by atoms with E-state index in [1.54, 1.807) is 12.1 Å². The van der Waals surface area contributed by atoms with Gasteiger partial charge in [-0.15, -0.1) is 11.3 Å². The first kappa shape index (κ1) is 22.1. The van der Waals surface area contributed by atoms with Crippen LogP contribution in [0.15, 0.2) is 59.6 Å². The van der Waals surface area contributed by atoms with E-state index in [1.165, 1.54) is 16.2 Å². The van der Waals surface area contributed by atoms with Crippen LogP contribution in [0.4, 0.5) is 5.69 Å². The number of anilines is 1. The van der Waals surface area contributed by atoms with Crippen molar-refractivity contribution in [3.8, 4) is 5.75 Å². The van der Waals surface area contributed by atoms with Crippen LogP contribution in [0.3, 0.4) is 0 Å². The van der Waals surface area contributed by atoms with Crippen LogP contribution in [0.25, 0.3) is 5.57 Å². The molecule has 32 heavy (non-hydrogen) atoms. The van der Waals surface area contributed by atoms with Crippen LogP contribution in [0.2, 0.25) is 5.02 Å². The maximum Gasteiger partial charge on any atom is 0.278 e. The lowest BCUT2D eigenvalue weighted by atomic mass is 10.1. The summed E-state index contributed by atoms with van der Waals surface area (Å²) in [4.78, 5) is 28.5. The Morgan fingerprint density at radius 1 is 1.00 bits per heavy atom. The molecule has 1 aliphatic heterocycles. The number of ether oxygens (including phenoxy) is 1. The van der Waals surface area contributed by atoms with Gasteiger partial charge in [0.2, 0.25) is 0 Å². The first-order valence-corrected chi connectivity index (χ1v) is 11.5. The van der Waals surface area contributed by atoms with Gasteiger partial charge < -0.3 is 10.1 Å². The van der Waals surface area contributed by atoms with Crippen molar-refractivity contribution in [1.29, 1.82) is 0 Å². The van der Waals surface area contributed by atoms with Crippen molar-refractivity contribution in [2.45, 2.75) is 20.8 Å². The van der Waals surface area contributed by atoms with E-state index in [4.69, 9.17) is 16.3 Å². The summed E-state index contributed by atoms with van der Waals surface area (Å²) in [6.45, 7) is 6.23. The largest absolute Gasteiger partial charge is 0.492 e. The second kappa shape index (κ2) is 9.18. The van der Waals surface area contributed by atoms with Gasteiger partial charge in [-0.2, -0.15) is 0 Å². The van der Waals surface area contributed by atoms with E-state index in [9.17, 15) is 9.59 Å². The zero-order valence-electron chi connectivity index (χ0n) is 18.1. The van der Waals surface area contributed by atoms with Gasteiger partial charge in [-0.1, -0.05) is 29.8 Å². The van der Waals surface area contributed by atoms with E-state index in [1.807, 2.05) is 56.5 Å². The van der Waals surface area contributed by atoms with E-state index in [2.05, 4.69) is 11.4 Å². The topological polar surface area (TPSA) is 58.6 Å². The van der Waals surface area contributed by atoms with Gasteiger partial charge in [0.1, 0.15) is 18.1 Å². The number of hydrogen-bond acceptors (Lipinski definition) is 5. The summed E-state index contributed by atoms with van der Waals surface area (Å²) in [7, 11) is 0. The fourth-order valence-electron chi connectivity index (χ4n) is 3.69. The number of thiophene rings is 1. The highest BCUT2D eigenvalue weighted by molar-refractivity contribution is 7.11. The molecular formula is C25H23ClN2O3S. The molecule has 2 aromatic carbocycles. The lowest BCUT2D eigenvalue weighted by Crippen LogP contribution is -2.36. The van der Waals surface area contributed by atoms with E-state index < -0.39 is 0 Å². The molecule has 0 aliphatic carbocycles. The molecule has 0 bridgehead atoms. The van der Waals surface area contributed by atoms with Crippen LogP contribution in [0, 0.1) is 20.8 Å². The third-order valence-corrected chi connectivity index (χ3v) is 6.54. The normalized spacial score (nSPS) is 13.8. The molecule has 164 valence electrons. The lowest BCUT2D eigenvalue weighted by molar-refractivity contribution is -0.137. The van der Waals surface area contributed by atoms with Crippen molar-refractivity contribution >= 4 is 46.0 Å². The molecule has 3 aromatic rings. The standard InChI is InChI=1S/C25H23ClN2O3S/c1-15-12-16(2)14-18(13-15)31-10-9-28-24(29)22(21-8-5-11-32-21)23(25(28)30)27-20-7-4-6-19(26)17(20)3/h4-8,11-14,27H,9-10H2,1-3H3. The molecule has 1 aliphatic rings. The summed E-state index contributed by atoms with van der Waals surface area (Å²) in [5, 5.41) is 5.64. The predicted octanol–water partition coefficient (Wildman–Crippen LogP) is 5.60. The molecule has 7 heteroatoms. The highest BCUT2D eigenvalue weighted by Gasteiger charge is 2.39. The molecule has 5 nitrogen and oxygen atoms in total. The number of aryl methyl sites for hydroxylation is 2. The first-order valence-electron chi connectivity index (χ1n) is 10.2. The highest BCUT2D eigenvalue weighted by Crippen LogP contribution is 2.34. The Labute approximate surface area is 196 Å². The van der Waals surface area contributed by atoms with Crippen LogP contribution in [0.5, 0.6) is 5.75 Å². The van der Waals surface area contributed by atoms with Crippen molar-refractivity contribution in [3.05, 3.63) is 86.2 Å². The van der Waals surface area contributed by atoms with E-state index >= 15 is 0 Å². The van der Waals surface area contributed by atoms with Crippen LogP contribution in [0.1, 0.15) is 21.6 Å². The van der Waals surface area contributed by atoms with Gasteiger partial charge in [0.15, 0.2) is 0 Å². The molecule has 0 saturated heterocycles. The molecular weight excluding hydrogens is 444 g/mol. The average Bonchev–Trinajstić information content (AvgIpc) is 3.33. The molecule has 0 atom stereocenters. The predicted molar refractivity (Wildman–Crippen MR) is 129 cm³/mol. The average molecular weight is 467 g/mol. The van der Waals surface area contributed by atoms with Crippen molar-refractivity contribution in [3.63, 3.8) is 0 Å². The number of amides is 2. The van der Waals surface area contributed by atoms with Gasteiger partial charge in [0.05, 0.1) is 12.1 Å². The maximum atomic E-state index is 13.3. The summed E-state index contributed by atoms with van der Waals surface area (Å²) < 4.78 is 5.84. The van der Waals surface area contributed by atoms with E-state index in [0.717, 1.165) is 27.3 Å². The number of benzene rings is 2. The molecule has 4 rings (SSSR count). The molecule has 2 heterocycles. The Morgan fingerprint density at radius 3 is 2.44 bits per heavy atom. The Morgan fingerprint density at radius 2 is 1.75 bits per heavy atom. The number of carbonyl (C=O) groups is 2. The molecule has 0 saturated carbocycles. The monoisotopic (exact) mass is 466 g/mol. The minimum Gasteiger partial charge on any atom is -0.492 e. The van der Waals surface area contributed by atoms with Gasteiger partial charge in [-0.05, 0) is 73.2 Å². The van der Waals surface area contributed by atoms with Gasteiger partial charge in [0.25, 0.3) is 11.8 Å². The summed E-state index contributed by atoms with van der Waals surface area (Å²) in [6, 6.07) is 15.1. The molecule has 2 amide bonds. The number of halogens is 1. The number of rotatable bonds is 7. The summed E-state index contributed by atoms with van der Waals surface area (Å²) in [6.07, 6.45) is 0. The van der Waals surface area contributed by atoms with Crippen LogP contribution < -0.4 is 10.1 Å². The Balaban J connectivity index is 1.57. The van der Waals surface area contributed by atoms with Crippen LogP contribution in [-0.2, 0) is 9.59 Å². The third kappa shape index (κ3) is 4.42. The lowest BCUT2D eigenvalue weighted by Gasteiger charge is -2.16. The Bertz CT molecular complexity index is 1200. The number of hydrogen-bond donors (Lipinski definition) is 1. The summed E-state index contributed by atoms with van der Waals surface area (Å²) in [5.41, 5.74) is 4.32. The highest BCUT2D eigenvalue weighted by atomic mass is 35.5. The van der Waals surface area contributed by atoms with Crippen LogP contribution in [-0.4, -0.2) is 29.9 Å². The Kier molecular flexibility index (Phi) is 6.35. The van der Waals surface area contributed by atoms with E-state index in [-0.39, 0.29) is 30.7 Å². The smallest absolute Gasteiger partial charge is 0.278 e. The second-order valence-electron chi connectivity index (χ2n) is 7.70. The zero-order valence-corrected chi connectivity index (χ0v) is 19.6. The summed E-state index contributed by atoms with van der Waals surface area (Å²) >= 11 is 7.66. The molecule has 0 unspecified atom stereocenters. The van der Waals surface area contributed by atoms with Crippen molar-refractivity contribution in [2.75, 3.05) is 18.5 Å². The fraction of sp³-hybridized carbons (Fsp3) is 0.200. The zero-order chi connectivity index (χ0) is 22.8. The van der Waals surface area contributed by atoms with Crippen LogP contribution >= 0.6 is 22.9 Å². The van der Waals surface area contributed by atoms with Gasteiger partial charge in [0, 0.05) is 15.6 Å². The molecule has 0 fully saturated rings. The molecule has 0 spiro atoms. The molecule has 0 radical (unpaired) electrons. The quantitative estimate of drug-likeness (QED) is 0.460. The summed E-state index contributed by atoms with van der Waals surface area (Å²) in [5.74, 6) is 0.0198. The van der Waals surface area contributed by atoms with Crippen molar-refractivity contribution < 1.29 is 14.3 Å². The van der Waals surface area contributed by atoms with Gasteiger partial charge in [-0.3, -0.25) is 14.5 Å². The number of nitrogens with zero attached hydrogens (tertiary/aromatic N) is 1. The third-order valence-electron chi connectivity index (χ3n) is 5.24. The minimum absolute atomic E-state index is 0.152. The number of nitrogens with one attached hydrogen (secondary N) is 1. The number of imide groups is 1. The fourth-order valence-corrected chi connectivity index (χ4v) is 4.64. The van der Waals surface area contributed by atoms with Crippen molar-refractivity contribution in [2.24, 2.45) is 0 Å². The van der Waals surface area contributed by atoms with E-state index in [0.29, 0.717) is 16.3 Å². The first-order chi connectivity index (χ1) is 15.3. The minimum atomic E-state index is -0.373. The maximum absolute atomic E-state index is 13.3. The second-order valence-corrected chi connectivity index (χ2v) is 9.05. The number of carbonyl (C=O) groups excluding carboxylic acids is 2. The van der Waals surface area contributed by atoms with Crippen molar-refractivity contribution in [1.82, 2.24) is 4.90 Å². The molecule has 1 N–H and O–H groups in total. The van der Waals surface area contributed by atoms with Gasteiger partial charge >= 0.3 is 0 Å². The molecule has 1 aromatic heterocycles.